The fraction of sp³-hybridized carbons (Fsp3) is 0.280. The van der Waals surface area contributed by atoms with Gasteiger partial charge in [-0.1, -0.05) is 0 Å². The zero-order chi connectivity index (χ0) is 34.3. The van der Waals surface area contributed by atoms with Crippen molar-refractivity contribution in [2.75, 3.05) is 44.8 Å². The largest absolute Gasteiger partial charge is 0.395 e. The van der Waals surface area contributed by atoms with Crippen molar-refractivity contribution in [1.82, 2.24) is 16.1 Å². The van der Waals surface area contributed by atoms with Gasteiger partial charge in [-0.15, -0.1) is 0 Å². The van der Waals surface area contributed by atoms with Crippen molar-refractivity contribution in [3.05, 3.63) is 54.7 Å². The molecule has 0 saturated heterocycles. The lowest BCUT2D eigenvalue weighted by Crippen LogP contribution is -2.33. The van der Waals surface area contributed by atoms with E-state index in [1.165, 1.54) is 18.9 Å². The summed E-state index contributed by atoms with van der Waals surface area (Å²) in [5, 5.41) is 23.4. The van der Waals surface area contributed by atoms with Gasteiger partial charge in [0.25, 0.3) is 17.7 Å². The molecule has 0 spiro atoms. The standard InChI is InChI=1S/C25H23Br6N5O9/c1-8(39)36(2)21-19(30)11(16(27)13(20(21)31)24(43)34-4-6-38)22(41)10-15(26)12(23(42)33-3-5-37)18(29)14(17(10)28)25(44)45-35-9(40)7-32/h37-38H,3-7,32H2,1-2H3,(H,33,42)(H,34,43)(H,35,40). The lowest BCUT2D eigenvalue weighted by molar-refractivity contribution is -0.128. The second kappa shape index (κ2) is 17.4. The normalized spacial score (nSPS) is 10.6. The van der Waals surface area contributed by atoms with Crippen LogP contribution in [0.4, 0.5) is 5.69 Å². The Morgan fingerprint density at radius 2 is 1.11 bits per heavy atom. The van der Waals surface area contributed by atoms with Gasteiger partial charge in [0.05, 0.1) is 62.2 Å². The Balaban J connectivity index is 3.06. The van der Waals surface area contributed by atoms with Gasteiger partial charge in [0.2, 0.25) is 5.91 Å². The molecule has 0 aliphatic heterocycles. The number of hydrogen-bond donors (Lipinski definition) is 6. The third-order valence-corrected chi connectivity index (χ3v) is 10.5. The van der Waals surface area contributed by atoms with Crippen molar-refractivity contribution in [2.24, 2.45) is 5.73 Å². The Kier molecular flexibility index (Phi) is 15.2. The van der Waals surface area contributed by atoms with Crippen LogP contribution in [0.5, 0.6) is 0 Å². The summed E-state index contributed by atoms with van der Waals surface area (Å²) in [5.74, 6) is -4.93. The number of benzene rings is 2. The summed E-state index contributed by atoms with van der Waals surface area (Å²) < 4.78 is -0.394. The zero-order valence-electron chi connectivity index (χ0n) is 23.1. The Hall–Kier alpha value is -1.78. The van der Waals surface area contributed by atoms with Crippen molar-refractivity contribution in [3.8, 4) is 0 Å². The van der Waals surface area contributed by atoms with Gasteiger partial charge in [-0.2, -0.15) is 5.48 Å². The van der Waals surface area contributed by atoms with Crippen LogP contribution in [0.1, 0.15) is 53.9 Å². The minimum absolute atomic E-state index is 0.0370. The Morgan fingerprint density at radius 3 is 1.56 bits per heavy atom. The van der Waals surface area contributed by atoms with E-state index in [-0.39, 0.29) is 74.5 Å². The molecule has 2 aromatic rings. The Bertz CT molecular complexity index is 1590. The molecule has 0 fully saturated rings. The molecule has 0 aliphatic carbocycles. The number of nitrogens with zero attached hydrogens (tertiary/aromatic N) is 1. The van der Waals surface area contributed by atoms with E-state index in [1.54, 1.807) is 0 Å². The van der Waals surface area contributed by atoms with E-state index in [0.717, 1.165) is 0 Å². The number of nitrogens with two attached hydrogens (primary N) is 1. The van der Waals surface area contributed by atoms with Gasteiger partial charge in [0, 0.05) is 45.0 Å². The lowest BCUT2D eigenvalue weighted by atomic mass is 9.96. The van der Waals surface area contributed by atoms with E-state index in [4.69, 9.17) is 10.6 Å². The quantitative estimate of drug-likeness (QED) is 0.143. The van der Waals surface area contributed by atoms with Crippen LogP contribution in [-0.2, 0) is 14.4 Å². The summed E-state index contributed by atoms with van der Waals surface area (Å²) >= 11 is 19.8. The number of carbonyl (C=O) groups excluding carboxylic acids is 6. The highest BCUT2D eigenvalue weighted by Crippen LogP contribution is 2.47. The first-order chi connectivity index (χ1) is 21.1. The maximum Gasteiger partial charge on any atom is 0.365 e. The van der Waals surface area contributed by atoms with E-state index in [9.17, 15) is 39.0 Å². The molecule has 0 aliphatic rings. The highest BCUT2D eigenvalue weighted by atomic mass is 79.9. The molecule has 0 saturated carbocycles. The number of hydrogen-bond acceptors (Lipinski definition) is 10. The van der Waals surface area contributed by atoms with E-state index in [0.29, 0.717) is 0 Å². The number of aliphatic hydroxyl groups is 2. The summed E-state index contributed by atoms with van der Waals surface area (Å²) in [7, 11) is 1.41. The number of halogens is 6. The SMILES string of the molecule is CC(=O)N(C)c1c(Br)c(C(=O)NCCO)c(Br)c(C(=O)c2c(Br)c(C(=O)NCCO)c(Br)c(C(=O)ONC(=O)CN)c2Br)c1Br. The summed E-state index contributed by atoms with van der Waals surface area (Å²) in [5.41, 5.74) is 5.86. The molecule has 0 aromatic heterocycles. The summed E-state index contributed by atoms with van der Waals surface area (Å²) in [6, 6.07) is 0. The molecule has 7 N–H and O–H groups in total. The number of rotatable bonds is 11. The van der Waals surface area contributed by atoms with Crippen LogP contribution >= 0.6 is 95.6 Å². The number of amides is 4. The maximum atomic E-state index is 14.5. The first-order valence-corrected chi connectivity index (χ1v) is 17.0. The number of aliphatic hydroxyl groups excluding tert-OH is 2. The van der Waals surface area contributed by atoms with Gasteiger partial charge in [0.15, 0.2) is 5.78 Å². The van der Waals surface area contributed by atoms with Gasteiger partial charge >= 0.3 is 5.97 Å². The molecule has 20 heteroatoms. The molecule has 2 aromatic carbocycles. The number of carbonyl (C=O) groups is 6. The van der Waals surface area contributed by atoms with Crippen molar-refractivity contribution in [3.63, 3.8) is 0 Å². The van der Waals surface area contributed by atoms with E-state index < -0.39 is 54.1 Å². The third kappa shape index (κ3) is 8.58. The molecule has 2 rings (SSSR count). The van der Waals surface area contributed by atoms with Gasteiger partial charge in [-0.3, -0.25) is 24.0 Å². The third-order valence-electron chi connectivity index (χ3n) is 5.77. The second-order valence-corrected chi connectivity index (χ2v) is 13.4. The fourth-order valence-corrected chi connectivity index (χ4v) is 9.85. The van der Waals surface area contributed by atoms with Gasteiger partial charge < -0.3 is 36.3 Å². The Morgan fingerprint density at radius 1 is 0.711 bits per heavy atom. The fourth-order valence-electron chi connectivity index (χ4n) is 3.58. The average Bonchev–Trinajstić information content (AvgIpc) is 2.97. The van der Waals surface area contributed by atoms with Gasteiger partial charge in [0.1, 0.15) is 0 Å². The molecule has 0 bridgehead atoms. The predicted octanol–water partition coefficient (Wildman–Crippen LogP) is 3.07. The summed E-state index contributed by atoms with van der Waals surface area (Å²) in [4.78, 5) is 84.2. The van der Waals surface area contributed by atoms with Crippen molar-refractivity contribution in [2.45, 2.75) is 6.92 Å². The zero-order valence-corrected chi connectivity index (χ0v) is 32.6. The first-order valence-electron chi connectivity index (χ1n) is 12.3. The summed E-state index contributed by atoms with van der Waals surface area (Å²) in [6.07, 6.45) is 0. The number of ketones is 1. The van der Waals surface area contributed by atoms with Gasteiger partial charge in [-0.05, 0) is 95.6 Å². The van der Waals surface area contributed by atoms with Crippen molar-refractivity contribution >= 4 is 137 Å². The molecule has 244 valence electrons. The minimum Gasteiger partial charge on any atom is -0.395 e. The number of nitrogens with one attached hydrogen (secondary N) is 3. The van der Waals surface area contributed by atoms with Crippen molar-refractivity contribution < 1.29 is 43.8 Å². The molecule has 0 unspecified atom stereocenters. The topological polar surface area (TPSA) is 217 Å². The summed E-state index contributed by atoms with van der Waals surface area (Å²) in [6.45, 7) is -0.360. The monoisotopic (exact) mass is 1010 g/mol. The second-order valence-electron chi connectivity index (χ2n) is 8.59. The molecule has 0 radical (unpaired) electrons. The number of hydroxylamine groups is 1. The van der Waals surface area contributed by atoms with E-state index in [1.807, 2.05) is 5.48 Å². The van der Waals surface area contributed by atoms with Gasteiger partial charge in [-0.25, -0.2) is 4.79 Å². The van der Waals surface area contributed by atoms with Crippen LogP contribution in [-0.4, -0.2) is 85.5 Å². The van der Waals surface area contributed by atoms with Crippen LogP contribution in [0.3, 0.4) is 0 Å². The maximum absolute atomic E-state index is 14.5. The molecule has 0 atom stereocenters. The van der Waals surface area contributed by atoms with E-state index in [2.05, 4.69) is 106 Å². The molecule has 0 heterocycles. The van der Waals surface area contributed by atoms with Crippen LogP contribution in [0.25, 0.3) is 0 Å². The van der Waals surface area contributed by atoms with Crippen LogP contribution in [0.15, 0.2) is 26.8 Å². The Labute approximate surface area is 306 Å². The van der Waals surface area contributed by atoms with Crippen molar-refractivity contribution in [1.29, 1.82) is 0 Å². The van der Waals surface area contributed by atoms with E-state index >= 15 is 0 Å². The molecular weight excluding hydrogens is 994 g/mol. The average molecular weight is 1020 g/mol. The first kappa shape index (κ1) is 39.4. The highest BCUT2D eigenvalue weighted by Gasteiger charge is 2.36. The predicted molar refractivity (Wildman–Crippen MR) is 183 cm³/mol. The highest BCUT2D eigenvalue weighted by molar-refractivity contribution is 9.12. The molecular formula is C25H23Br6N5O9. The minimum atomic E-state index is -1.21. The van der Waals surface area contributed by atoms with Crippen LogP contribution in [0, 0.1) is 0 Å². The molecule has 45 heavy (non-hydrogen) atoms. The van der Waals surface area contributed by atoms with Crippen LogP contribution in [0.2, 0.25) is 0 Å². The lowest BCUT2D eigenvalue weighted by Gasteiger charge is -2.25. The smallest absolute Gasteiger partial charge is 0.365 e. The van der Waals surface area contributed by atoms with Crippen LogP contribution < -0.4 is 26.7 Å². The molecule has 4 amide bonds. The molecule has 14 nitrogen and oxygen atoms in total. The number of anilines is 1.